The van der Waals surface area contributed by atoms with Gasteiger partial charge in [-0.15, -0.1) is 0 Å². The quantitative estimate of drug-likeness (QED) is 0.854. The zero-order valence-electron chi connectivity index (χ0n) is 15.4. The van der Waals surface area contributed by atoms with E-state index in [4.69, 9.17) is 4.74 Å². The smallest absolute Gasteiger partial charge is 0.220 e. The highest BCUT2D eigenvalue weighted by Gasteiger charge is 2.38. The first-order chi connectivity index (χ1) is 13.2. The van der Waals surface area contributed by atoms with Crippen LogP contribution in [-0.2, 0) is 16.0 Å². The summed E-state index contributed by atoms with van der Waals surface area (Å²) in [6.07, 6.45) is 2.13. The minimum absolute atomic E-state index is 0.0729. The Bertz CT molecular complexity index is 780. The molecule has 0 spiro atoms. The fourth-order valence-corrected chi connectivity index (χ4v) is 4.12. The molecule has 2 aliphatic rings. The fraction of sp³-hybridized carbons (Fsp3) is 0.409. The molecule has 5 heteroatoms. The lowest BCUT2D eigenvalue weighted by Gasteiger charge is -2.35. The third-order valence-electron chi connectivity index (χ3n) is 5.51. The van der Waals surface area contributed by atoms with Crippen molar-refractivity contribution in [3.05, 3.63) is 65.7 Å². The number of morpholine rings is 1. The number of nitrogens with one attached hydrogen (secondary N) is 1. The SMILES string of the molecule is O=C(CCc1cccc(O)c1)N[C@H]1C[C@H]2CO[C@@H](c3ccccc3)CN2C1. The van der Waals surface area contributed by atoms with Crippen LogP contribution in [-0.4, -0.2) is 47.7 Å². The Morgan fingerprint density at radius 3 is 2.81 bits per heavy atom. The van der Waals surface area contributed by atoms with Gasteiger partial charge in [0.15, 0.2) is 0 Å². The van der Waals surface area contributed by atoms with E-state index >= 15 is 0 Å². The summed E-state index contributed by atoms with van der Waals surface area (Å²) in [6, 6.07) is 18.0. The van der Waals surface area contributed by atoms with Crippen LogP contribution >= 0.6 is 0 Å². The molecule has 0 unspecified atom stereocenters. The van der Waals surface area contributed by atoms with E-state index in [1.54, 1.807) is 18.2 Å². The van der Waals surface area contributed by atoms with Gasteiger partial charge in [-0.05, 0) is 36.1 Å². The second kappa shape index (κ2) is 8.11. The fourth-order valence-electron chi connectivity index (χ4n) is 4.12. The molecule has 2 aliphatic heterocycles. The Morgan fingerprint density at radius 1 is 1.15 bits per heavy atom. The molecule has 4 rings (SSSR count). The zero-order valence-corrected chi connectivity index (χ0v) is 15.4. The number of phenolic OH excluding ortho intramolecular Hbond substituents is 1. The van der Waals surface area contributed by atoms with Gasteiger partial charge in [-0.2, -0.15) is 0 Å². The van der Waals surface area contributed by atoms with Crippen molar-refractivity contribution in [1.82, 2.24) is 10.2 Å². The van der Waals surface area contributed by atoms with Gasteiger partial charge in [0.1, 0.15) is 5.75 Å². The molecule has 142 valence electrons. The predicted octanol–water partition coefficient (Wildman–Crippen LogP) is 2.66. The lowest BCUT2D eigenvalue weighted by molar-refractivity contribution is -0.121. The standard InChI is InChI=1S/C22H26N2O3/c25-20-8-4-5-16(11-20)9-10-22(26)23-18-12-19-15-27-21(14-24(19)13-18)17-6-2-1-3-7-17/h1-8,11,18-19,21,25H,9-10,12-15H2,(H,23,26)/t18-,19-,21+/m0/s1. The first-order valence-corrected chi connectivity index (χ1v) is 9.65. The molecule has 2 aromatic rings. The summed E-state index contributed by atoms with van der Waals surface area (Å²) in [5, 5.41) is 12.7. The number of ether oxygens (including phenoxy) is 1. The molecular formula is C22H26N2O3. The zero-order chi connectivity index (χ0) is 18.6. The largest absolute Gasteiger partial charge is 0.508 e. The molecule has 0 aromatic heterocycles. The molecular weight excluding hydrogens is 340 g/mol. The Balaban J connectivity index is 1.26. The van der Waals surface area contributed by atoms with Crippen molar-refractivity contribution in [3.8, 4) is 5.75 Å². The van der Waals surface area contributed by atoms with Crippen LogP contribution in [0.4, 0.5) is 0 Å². The van der Waals surface area contributed by atoms with Gasteiger partial charge in [-0.25, -0.2) is 0 Å². The highest BCUT2D eigenvalue weighted by Crippen LogP contribution is 2.30. The Hall–Kier alpha value is -2.37. The number of aromatic hydroxyl groups is 1. The first kappa shape index (κ1) is 18.0. The van der Waals surface area contributed by atoms with Crippen molar-refractivity contribution in [2.24, 2.45) is 0 Å². The van der Waals surface area contributed by atoms with Crippen LogP contribution in [0.15, 0.2) is 54.6 Å². The van der Waals surface area contributed by atoms with Crippen molar-refractivity contribution < 1.29 is 14.6 Å². The van der Waals surface area contributed by atoms with E-state index in [0.29, 0.717) is 18.9 Å². The Kier molecular flexibility index (Phi) is 5.41. The monoisotopic (exact) mass is 366 g/mol. The van der Waals surface area contributed by atoms with Gasteiger partial charge >= 0.3 is 0 Å². The maximum Gasteiger partial charge on any atom is 0.220 e. The normalized spacial score (nSPS) is 25.1. The Labute approximate surface area is 160 Å². The molecule has 2 aromatic carbocycles. The van der Waals surface area contributed by atoms with Crippen molar-refractivity contribution in [3.63, 3.8) is 0 Å². The number of fused-ring (bicyclic) bond motifs is 1. The molecule has 2 fully saturated rings. The minimum Gasteiger partial charge on any atom is -0.508 e. The molecule has 2 saturated heterocycles. The van der Waals surface area contributed by atoms with Gasteiger partial charge in [0, 0.05) is 31.6 Å². The van der Waals surface area contributed by atoms with Gasteiger partial charge in [0.2, 0.25) is 5.91 Å². The maximum absolute atomic E-state index is 12.3. The average Bonchev–Trinajstić information content (AvgIpc) is 3.08. The number of amides is 1. The molecule has 3 atom stereocenters. The van der Waals surface area contributed by atoms with Crippen LogP contribution in [0.25, 0.3) is 0 Å². The minimum atomic E-state index is 0.0729. The summed E-state index contributed by atoms with van der Waals surface area (Å²) < 4.78 is 6.07. The molecule has 2 N–H and O–H groups in total. The van der Waals surface area contributed by atoms with Crippen molar-refractivity contribution >= 4 is 5.91 Å². The van der Waals surface area contributed by atoms with Crippen LogP contribution < -0.4 is 5.32 Å². The van der Waals surface area contributed by atoms with Crippen LogP contribution in [0, 0.1) is 0 Å². The third kappa shape index (κ3) is 4.49. The number of benzene rings is 2. The molecule has 0 bridgehead atoms. The predicted molar refractivity (Wildman–Crippen MR) is 103 cm³/mol. The molecule has 0 radical (unpaired) electrons. The Morgan fingerprint density at radius 2 is 2.00 bits per heavy atom. The highest BCUT2D eigenvalue weighted by atomic mass is 16.5. The second-order valence-corrected chi connectivity index (χ2v) is 7.51. The van der Waals surface area contributed by atoms with Gasteiger partial charge < -0.3 is 15.2 Å². The highest BCUT2D eigenvalue weighted by molar-refractivity contribution is 5.76. The molecule has 1 amide bonds. The van der Waals surface area contributed by atoms with E-state index in [2.05, 4.69) is 22.3 Å². The van der Waals surface area contributed by atoms with Gasteiger partial charge in [-0.1, -0.05) is 42.5 Å². The summed E-state index contributed by atoms with van der Waals surface area (Å²) in [6.45, 7) is 2.48. The molecule has 2 heterocycles. The number of aryl methyl sites for hydroxylation is 1. The number of rotatable bonds is 5. The lowest BCUT2D eigenvalue weighted by atomic mass is 10.1. The van der Waals surface area contributed by atoms with Crippen LogP contribution in [0.1, 0.15) is 30.1 Å². The van der Waals surface area contributed by atoms with E-state index in [9.17, 15) is 9.90 Å². The van der Waals surface area contributed by atoms with E-state index in [0.717, 1.165) is 31.7 Å². The van der Waals surface area contributed by atoms with Crippen LogP contribution in [0.2, 0.25) is 0 Å². The molecule has 0 aliphatic carbocycles. The van der Waals surface area contributed by atoms with E-state index in [-0.39, 0.29) is 23.8 Å². The summed E-state index contributed by atoms with van der Waals surface area (Å²) in [4.78, 5) is 14.8. The van der Waals surface area contributed by atoms with Gasteiger partial charge in [0.05, 0.1) is 12.7 Å². The number of hydrogen-bond donors (Lipinski definition) is 2. The van der Waals surface area contributed by atoms with Gasteiger partial charge in [0.25, 0.3) is 0 Å². The summed E-state index contributed by atoms with van der Waals surface area (Å²) >= 11 is 0. The van der Waals surface area contributed by atoms with E-state index < -0.39 is 0 Å². The maximum atomic E-state index is 12.3. The number of hydrogen-bond acceptors (Lipinski definition) is 4. The van der Waals surface area contributed by atoms with Crippen molar-refractivity contribution in [1.29, 1.82) is 0 Å². The van der Waals surface area contributed by atoms with E-state index in [1.807, 2.05) is 24.3 Å². The topological polar surface area (TPSA) is 61.8 Å². The van der Waals surface area contributed by atoms with Crippen molar-refractivity contribution in [2.75, 3.05) is 19.7 Å². The number of phenols is 1. The molecule has 27 heavy (non-hydrogen) atoms. The lowest BCUT2D eigenvalue weighted by Crippen LogP contribution is -2.43. The second-order valence-electron chi connectivity index (χ2n) is 7.51. The summed E-state index contributed by atoms with van der Waals surface area (Å²) in [5.41, 5.74) is 2.20. The number of nitrogens with zero attached hydrogens (tertiary/aromatic N) is 1. The van der Waals surface area contributed by atoms with Gasteiger partial charge in [-0.3, -0.25) is 9.69 Å². The summed E-state index contributed by atoms with van der Waals surface area (Å²) in [7, 11) is 0. The van der Waals surface area contributed by atoms with Crippen molar-refractivity contribution in [2.45, 2.75) is 37.5 Å². The van der Waals surface area contributed by atoms with Crippen LogP contribution in [0.3, 0.4) is 0 Å². The first-order valence-electron chi connectivity index (χ1n) is 9.65. The number of carbonyl (C=O) groups excluding carboxylic acids is 1. The van der Waals surface area contributed by atoms with E-state index in [1.165, 1.54) is 5.56 Å². The summed E-state index contributed by atoms with van der Waals surface area (Å²) in [5.74, 6) is 0.317. The molecule has 0 saturated carbocycles. The molecule has 5 nitrogen and oxygen atoms in total. The van der Waals surface area contributed by atoms with Crippen LogP contribution in [0.5, 0.6) is 5.75 Å². The third-order valence-corrected chi connectivity index (χ3v) is 5.51. The number of carbonyl (C=O) groups is 1. The average molecular weight is 366 g/mol.